The highest BCUT2D eigenvalue weighted by atomic mass is 16.5. The minimum Gasteiger partial charge on any atom is -0.469 e. The normalized spacial score (nSPS) is 19.3. The molecule has 0 radical (unpaired) electrons. The molecule has 0 atom stereocenters. The largest absolute Gasteiger partial charge is 0.469 e. The molecule has 0 aliphatic heterocycles. The predicted molar refractivity (Wildman–Crippen MR) is 98.4 cm³/mol. The number of pyridine rings is 1. The third-order valence-corrected chi connectivity index (χ3v) is 4.93. The van der Waals surface area contributed by atoms with Crippen LogP contribution in [0.2, 0.25) is 0 Å². The highest BCUT2D eigenvalue weighted by Gasteiger charge is 2.25. The zero-order chi connectivity index (χ0) is 19.2. The van der Waals surface area contributed by atoms with Gasteiger partial charge in [0.2, 0.25) is 0 Å². The number of aromatic nitrogens is 3. The van der Waals surface area contributed by atoms with E-state index in [0.717, 1.165) is 37.5 Å². The molecule has 2 aromatic rings. The highest BCUT2D eigenvalue weighted by Crippen LogP contribution is 2.29. The average molecular weight is 369 g/mol. The van der Waals surface area contributed by atoms with Gasteiger partial charge in [-0.15, -0.1) is 0 Å². The summed E-state index contributed by atoms with van der Waals surface area (Å²) in [6, 6.07) is 3.86. The van der Waals surface area contributed by atoms with Crippen molar-refractivity contribution >= 4 is 12.3 Å². The Balaban J connectivity index is 1.56. The van der Waals surface area contributed by atoms with Gasteiger partial charge in [-0.2, -0.15) is 0 Å². The molecule has 1 aliphatic carbocycles. The predicted octanol–water partition coefficient (Wildman–Crippen LogP) is 3.16. The SMILES string of the molecule is COC(=O)CC1CCC(Oc2ncc(-c3ccc(C=O)c(C)n3)cn2)CC1. The Morgan fingerprint density at radius 1 is 1.19 bits per heavy atom. The molecule has 1 saturated carbocycles. The smallest absolute Gasteiger partial charge is 0.316 e. The Morgan fingerprint density at radius 3 is 2.48 bits per heavy atom. The van der Waals surface area contributed by atoms with E-state index in [1.165, 1.54) is 7.11 Å². The number of carbonyl (C=O) groups is 2. The molecular formula is C20H23N3O4. The van der Waals surface area contributed by atoms with E-state index in [9.17, 15) is 9.59 Å². The average Bonchev–Trinajstić information content (AvgIpc) is 2.70. The van der Waals surface area contributed by atoms with E-state index in [0.29, 0.717) is 35.3 Å². The molecule has 0 bridgehead atoms. The number of hydrogen-bond acceptors (Lipinski definition) is 7. The second-order valence-electron chi connectivity index (χ2n) is 6.78. The molecule has 7 heteroatoms. The summed E-state index contributed by atoms with van der Waals surface area (Å²) in [5.41, 5.74) is 2.73. The van der Waals surface area contributed by atoms with Crippen molar-refractivity contribution in [3.8, 4) is 17.3 Å². The summed E-state index contributed by atoms with van der Waals surface area (Å²) >= 11 is 0. The van der Waals surface area contributed by atoms with Gasteiger partial charge in [-0.05, 0) is 50.7 Å². The summed E-state index contributed by atoms with van der Waals surface area (Å²) in [6.07, 6.45) is 8.30. The van der Waals surface area contributed by atoms with E-state index >= 15 is 0 Å². The molecule has 2 heterocycles. The molecule has 0 saturated heterocycles. The Hall–Kier alpha value is -2.83. The van der Waals surface area contributed by atoms with Crippen molar-refractivity contribution in [2.24, 2.45) is 5.92 Å². The fraction of sp³-hybridized carbons (Fsp3) is 0.450. The topological polar surface area (TPSA) is 91.3 Å². The number of ether oxygens (including phenoxy) is 2. The third kappa shape index (κ3) is 4.87. The highest BCUT2D eigenvalue weighted by molar-refractivity contribution is 5.77. The van der Waals surface area contributed by atoms with Crippen LogP contribution in [0, 0.1) is 12.8 Å². The minimum atomic E-state index is -0.150. The first-order valence-electron chi connectivity index (χ1n) is 9.07. The van der Waals surface area contributed by atoms with Crippen LogP contribution in [-0.2, 0) is 9.53 Å². The Bertz CT molecular complexity index is 799. The van der Waals surface area contributed by atoms with Crippen LogP contribution in [0.1, 0.15) is 48.2 Å². The third-order valence-electron chi connectivity index (χ3n) is 4.93. The Kier molecular flexibility index (Phi) is 6.11. The Labute approximate surface area is 158 Å². The van der Waals surface area contributed by atoms with Crippen LogP contribution in [0.25, 0.3) is 11.3 Å². The molecule has 7 nitrogen and oxygen atoms in total. The van der Waals surface area contributed by atoms with Crippen molar-refractivity contribution in [1.29, 1.82) is 0 Å². The van der Waals surface area contributed by atoms with Crippen molar-refractivity contribution < 1.29 is 19.1 Å². The van der Waals surface area contributed by atoms with Gasteiger partial charge in [-0.3, -0.25) is 14.6 Å². The number of aryl methyl sites for hydroxylation is 1. The first-order chi connectivity index (χ1) is 13.1. The molecule has 0 spiro atoms. The maximum absolute atomic E-state index is 11.4. The number of nitrogens with zero attached hydrogens (tertiary/aromatic N) is 3. The quantitative estimate of drug-likeness (QED) is 0.570. The van der Waals surface area contributed by atoms with Crippen LogP contribution in [0.5, 0.6) is 6.01 Å². The van der Waals surface area contributed by atoms with Crippen molar-refractivity contribution in [2.45, 2.75) is 45.1 Å². The number of carbonyl (C=O) groups excluding carboxylic acids is 2. The fourth-order valence-corrected chi connectivity index (χ4v) is 3.29. The second kappa shape index (κ2) is 8.70. The van der Waals surface area contributed by atoms with Gasteiger partial charge in [0.15, 0.2) is 6.29 Å². The summed E-state index contributed by atoms with van der Waals surface area (Å²) < 4.78 is 10.6. The molecule has 3 rings (SSSR count). The monoisotopic (exact) mass is 369 g/mol. The lowest BCUT2D eigenvalue weighted by Crippen LogP contribution is -2.26. The standard InChI is InChI=1S/C20H23N3O4/c1-13-15(12-24)5-8-18(23-13)16-10-21-20(22-11-16)27-17-6-3-14(4-7-17)9-19(25)26-2/h5,8,10-12,14,17H,3-4,6-7,9H2,1-2H3. The molecule has 0 N–H and O–H groups in total. The molecule has 142 valence electrons. The lowest BCUT2D eigenvalue weighted by atomic mass is 9.85. The van der Waals surface area contributed by atoms with E-state index in [2.05, 4.69) is 15.0 Å². The van der Waals surface area contributed by atoms with Crippen molar-refractivity contribution in [2.75, 3.05) is 7.11 Å². The van der Waals surface area contributed by atoms with Gasteiger partial charge in [0.25, 0.3) is 0 Å². The number of aldehydes is 1. The molecule has 1 aliphatic rings. The lowest BCUT2D eigenvalue weighted by Gasteiger charge is -2.27. The minimum absolute atomic E-state index is 0.0667. The zero-order valence-corrected chi connectivity index (χ0v) is 15.6. The summed E-state index contributed by atoms with van der Waals surface area (Å²) in [5, 5.41) is 0. The van der Waals surface area contributed by atoms with Gasteiger partial charge in [0.1, 0.15) is 6.10 Å². The first kappa shape index (κ1) is 18.9. The van der Waals surface area contributed by atoms with Crippen LogP contribution in [0.4, 0.5) is 0 Å². The van der Waals surface area contributed by atoms with Crippen LogP contribution >= 0.6 is 0 Å². The maximum atomic E-state index is 11.4. The fourth-order valence-electron chi connectivity index (χ4n) is 3.29. The number of methoxy groups -OCH3 is 1. The summed E-state index contributed by atoms with van der Waals surface area (Å²) in [7, 11) is 1.42. The van der Waals surface area contributed by atoms with Gasteiger partial charge in [-0.1, -0.05) is 0 Å². The molecule has 2 aromatic heterocycles. The summed E-state index contributed by atoms with van der Waals surface area (Å²) in [6.45, 7) is 1.79. The van der Waals surface area contributed by atoms with Crippen LogP contribution < -0.4 is 4.74 Å². The maximum Gasteiger partial charge on any atom is 0.316 e. The molecule has 27 heavy (non-hydrogen) atoms. The van der Waals surface area contributed by atoms with Crippen LogP contribution in [0.15, 0.2) is 24.5 Å². The van der Waals surface area contributed by atoms with E-state index in [-0.39, 0.29) is 12.1 Å². The molecule has 0 amide bonds. The second-order valence-corrected chi connectivity index (χ2v) is 6.78. The van der Waals surface area contributed by atoms with Crippen molar-refractivity contribution in [3.05, 3.63) is 35.8 Å². The molecule has 0 aromatic carbocycles. The zero-order valence-electron chi connectivity index (χ0n) is 15.6. The first-order valence-corrected chi connectivity index (χ1v) is 9.07. The summed E-state index contributed by atoms with van der Waals surface area (Å²) in [4.78, 5) is 35.2. The van der Waals surface area contributed by atoms with E-state index in [1.807, 2.05) is 0 Å². The number of esters is 1. The number of rotatable bonds is 6. The van der Waals surface area contributed by atoms with E-state index in [4.69, 9.17) is 9.47 Å². The van der Waals surface area contributed by atoms with E-state index in [1.54, 1.807) is 31.5 Å². The Morgan fingerprint density at radius 2 is 1.89 bits per heavy atom. The van der Waals surface area contributed by atoms with Gasteiger partial charge in [-0.25, -0.2) is 9.97 Å². The van der Waals surface area contributed by atoms with Crippen LogP contribution in [-0.4, -0.2) is 40.4 Å². The van der Waals surface area contributed by atoms with Gasteiger partial charge in [0.05, 0.1) is 12.8 Å². The van der Waals surface area contributed by atoms with Gasteiger partial charge in [0, 0.05) is 35.6 Å². The van der Waals surface area contributed by atoms with Crippen molar-refractivity contribution in [1.82, 2.24) is 15.0 Å². The number of hydrogen-bond donors (Lipinski definition) is 0. The summed E-state index contributed by atoms with van der Waals surface area (Å²) in [5.74, 6) is 0.215. The van der Waals surface area contributed by atoms with Crippen molar-refractivity contribution in [3.63, 3.8) is 0 Å². The van der Waals surface area contributed by atoms with E-state index < -0.39 is 0 Å². The lowest BCUT2D eigenvalue weighted by molar-refractivity contribution is -0.142. The van der Waals surface area contributed by atoms with Gasteiger partial charge >= 0.3 is 12.0 Å². The van der Waals surface area contributed by atoms with Gasteiger partial charge < -0.3 is 9.47 Å². The molecule has 1 fully saturated rings. The molecule has 0 unspecified atom stereocenters. The van der Waals surface area contributed by atoms with Crippen LogP contribution in [0.3, 0.4) is 0 Å². The molecular weight excluding hydrogens is 346 g/mol.